The fourth-order valence-electron chi connectivity index (χ4n) is 1.62. The number of hydroxylamine groups is 2. The largest absolute Gasteiger partial charge is 0.389 e. The number of unbranched alkanes of at least 4 members (excludes halogenated alkanes) is 1. The van der Waals surface area contributed by atoms with E-state index in [0.717, 1.165) is 0 Å². The lowest BCUT2D eigenvalue weighted by molar-refractivity contribution is -0.145. The van der Waals surface area contributed by atoms with Crippen LogP contribution in [0.1, 0.15) is 46.0 Å². The van der Waals surface area contributed by atoms with Gasteiger partial charge in [0.15, 0.2) is 11.6 Å². The normalized spacial score (nSPS) is 11.9. The van der Waals surface area contributed by atoms with Gasteiger partial charge >= 0.3 is 0 Å². The highest BCUT2D eigenvalue weighted by molar-refractivity contribution is 5.80. The van der Waals surface area contributed by atoms with Gasteiger partial charge in [0.05, 0.1) is 12.2 Å². The highest BCUT2D eigenvalue weighted by atomic mass is 16.7. The number of aliphatic hydroxyl groups excluding tert-OH is 1. The predicted octanol–water partition coefficient (Wildman–Crippen LogP) is 1.36. The van der Waals surface area contributed by atoms with Crippen LogP contribution in [0.5, 0.6) is 0 Å². The summed E-state index contributed by atoms with van der Waals surface area (Å²) in [6.07, 6.45) is 2.72. The van der Waals surface area contributed by atoms with Gasteiger partial charge in [-0.25, -0.2) is 0 Å². The van der Waals surface area contributed by atoms with Crippen LogP contribution in [-0.2, 0) is 19.2 Å². The Morgan fingerprint density at radius 2 is 1.67 bits per heavy atom. The Hall–Kier alpha value is -0.820. The Morgan fingerprint density at radius 1 is 1.10 bits per heavy atom. The number of aliphatic hydroxyl groups is 1. The van der Waals surface area contributed by atoms with Crippen LogP contribution in [0.3, 0.4) is 0 Å². The first-order valence-electron chi connectivity index (χ1n) is 7.35. The monoisotopic (exact) mass is 303 g/mol. The molecule has 0 aliphatic rings. The van der Waals surface area contributed by atoms with Gasteiger partial charge in [-0.05, 0) is 26.7 Å². The van der Waals surface area contributed by atoms with Crippen LogP contribution in [0.4, 0.5) is 0 Å². The van der Waals surface area contributed by atoms with Gasteiger partial charge in [-0.3, -0.25) is 14.4 Å². The molecule has 0 radical (unpaired) electrons. The summed E-state index contributed by atoms with van der Waals surface area (Å²) in [5.41, 5.74) is -0.404. The average molecular weight is 303 g/mol. The van der Waals surface area contributed by atoms with E-state index >= 15 is 0 Å². The molecule has 0 aliphatic carbocycles. The van der Waals surface area contributed by atoms with E-state index in [0.29, 0.717) is 38.7 Å². The van der Waals surface area contributed by atoms with Crippen molar-refractivity contribution in [1.82, 2.24) is 5.06 Å². The summed E-state index contributed by atoms with van der Waals surface area (Å²) in [7, 11) is 3.64. The Balaban J connectivity index is 3.72. The summed E-state index contributed by atoms with van der Waals surface area (Å²) >= 11 is 0. The van der Waals surface area contributed by atoms with Crippen LogP contribution >= 0.6 is 0 Å². The van der Waals surface area contributed by atoms with Crippen molar-refractivity contribution < 1.29 is 24.3 Å². The molecule has 0 fully saturated rings. The second kappa shape index (κ2) is 10.8. The molecule has 21 heavy (non-hydrogen) atoms. The maximum atomic E-state index is 11.7. The minimum Gasteiger partial charge on any atom is -0.389 e. The summed E-state index contributed by atoms with van der Waals surface area (Å²) in [6, 6.07) is 0. The van der Waals surface area contributed by atoms with Crippen LogP contribution in [0.25, 0.3) is 0 Å². The Bertz CT molecular complexity index is 315. The molecule has 0 aliphatic heterocycles. The third-order valence-electron chi connectivity index (χ3n) is 3.02. The van der Waals surface area contributed by atoms with Crippen molar-refractivity contribution >= 4 is 11.6 Å². The first kappa shape index (κ1) is 20.2. The minimum absolute atomic E-state index is 0.0352. The van der Waals surface area contributed by atoms with Crippen molar-refractivity contribution in [3.05, 3.63) is 0 Å². The average Bonchev–Trinajstić information content (AvgIpc) is 2.40. The third kappa shape index (κ3) is 12.6. The summed E-state index contributed by atoms with van der Waals surface area (Å²) in [5, 5.41) is 10.2. The fraction of sp³-hybridized carbons (Fsp3) is 0.867. The van der Waals surface area contributed by atoms with Gasteiger partial charge in [0.1, 0.15) is 13.2 Å². The molecule has 0 bridgehead atoms. The zero-order chi connectivity index (χ0) is 16.3. The summed E-state index contributed by atoms with van der Waals surface area (Å²) in [4.78, 5) is 27.9. The molecule has 0 spiro atoms. The molecule has 6 nitrogen and oxygen atoms in total. The van der Waals surface area contributed by atoms with Crippen LogP contribution < -0.4 is 0 Å². The van der Waals surface area contributed by atoms with Gasteiger partial charge in [0.2, 0.25) is 0 Å². The van der Waals surface area contributed by atoms with Crippen molar-refractivity contribution in [2.75, 3.05) is 33.9 Å². The van der Waals surface area contributed by atoms with Gasteiger partial charge in [-0.2, -0.15) is 5.06 Å². The molecule has 124 valence electrons. The number of rotatable bonds is 13. The zero-order valence-electron chi connectivity index (χ0n) is 13.7. The van der Waals surface area contributed by atoms with Crippen molar-refractivity contribution in [2.45, 2.75) is 51.6 Å². The summed E-state index contributed by atoms with van der Waals surface area (Å²) in [6.45, 7) is 4.07. The highest BCUT2D eigenvalue weighted by Crippen LogP contribution is 2.15. The molecule has 0 aromatic heterocycles. The Labute approximate surface area is 127 Å². The van der Waals surface area contributed by atoms with E-state index in [-0.39, 0.29) is 18.2 Å². The minimum atomic E-state index is -0.416. The lowest BCUT2D eigenvalue weighted by atomic mass is 10.1. The van der Waals surface area contributed by atoms with Crippen LogP contribution in [0.2, 0.25) is 0 Å². The molecule has 0 saturated carbocycles. The molecule has 0 aromatic carbocycles. The molecular weight excluding hydrogens is 274 g/mol. The molecule has 0 saturated heterocycles. The van der Waals surface area contributed by atoms with Gasteiger partial charge in [-0.1, -0.05) is 0 Å². The van der Waals surface area contributed by atoms with Gasteiger partial charge in [-0.15, -0.1) is 0 Å². The maximum absolute atomic E-state index is 11.7. The predicted molar refractivity (Wildman–Crippen MR) is 79.9 cm³/mol. The van der Waals surface area contributed by atoms with Crippen LogP contribution in [0.15, 0.2) is 0 Å². The molecule has 0 aromatic rings. The van der Waals surface area contributed by atoms with Crippen LogP contribution in [0, 0.1) is 0 Å². The lowest BCUT2D eigenvalue weighted by Crippen LogP contribution is -2.30. The van der Waals surface area contributed by atoms with Crippen LogP contribution in [-0.4, -0.2) is 61.3 Å². The van der Waals surface area contributed by atoms with E-state index in [1.807, 2.05) is 27.9 Å². The quantitative estimate of drug-likeness (QED) is 0.409. The molecular formula is C15H29NO5. The van der Waals surface area contributed by atoms with Crippen molar-refractivity contribution in [3.63, 3.8) is 0 Å². The first-order chi connectivity index (χ1) is 9.76. The molecule has 0 rings (SSSR count). The maximum Gasteiger partial charge on any atom is 0.158 e. The molecule has 0 atom stereocenters. The van der Waals surface area contributed by atoms with E-state index in [4.69, 9.17) is 14.7 Å². The SMILES string of the molecule is CN(C)OCCC(C)(C)OCC(=O)CCCCC(=O)CO. The Kier molecular flexibility index (Phi) is 10.4. The van der Waals surface area contributed by atoms with Crippen molar-refractivity contribution in [1.29, 1.82) is 0 Å². The van der Waals surface area contributed by atoms with E-state index in [1.165, 1.54) is 0 Å². The number of carbonyl (C=O) groups is 2. The van der Waals surface area contributed by atoms with Gasteiger partial charge in [0.25, 0.3) is 0 Å². The van der Waals surface area contributed by atoms with Gasteiger partial charge < -0.3 is 9.84 Å². The first-order valence-corrected chi connectivity index (χ1v) is 7.35. The van der Waals surface area contributed by atoms with E-state index in [2.05, 4.69) is 0 Å². The lowest BCUT2D eigenvalue weighted by Gasteiger charge is -2.25. The number of hydrogen-bond acceptors (Lipinski definition) is 6. The molecule has 0 heterocycles. The van der Waals surface area contributed by atoms with Crippen molar-refractivity contribution in [3.8, 4) is 0 Å². The standard InChI is InChI=1S/C15H29NO5/c1-15(2,9-10-21-16(3)4)20-12-14(19)8-6-5-7-13(18)11-17/h17H,5-12H2,1-4H3. The number of Topliss-reactive ketones (excluding diaryl/α,β-unsaturated/α-hetero) is 2. The second-order valence-corrected chi connectivity index (χ2v) is 5.89. The molecule has 6 heteroatoms. The van der Waals surface area contributed by atoms with E-state index < -0.39 is 12.2 Å². The third-order valence-corrected chi connectivity index (χ3v) is 3.02. The molecule has 0 amide bonds. The highest BCUT2D eigenvalue weighted by Gasteiger charge is 2.20. The Morgan fingerprint density at radius 3 is 2.19 bits per heavy atom. The molecule has 1 N–H and O–H groups in total. The number of ether oxygens (including phenoxy) is 1. The fourth-order valence-corrected chi connectivity index (χ4v) is 1.62. The smallest absolute Gasteiger partial charge is 0.158 e. The number of hydrogen-bond donors (Lipinski definition) is 1. The van der Waals surface area contributed by atoms with E-state index in [9.17, 15) is 9.59 Å². The number of nitrogens with zero attached hydrogens (tertiary/aromatic N) is 1. The zero-order valence-corrected chi connectivity index (χ0v) is 13.7. The van der Waals surface area contributed by atoms with E-state index in [1.54, 1.807) is 5.06 Å². The summed E-state index contributed by atoms with van der Waals surface area (Å²) in [5.74, 6) is -0.145. The molecule has 0 unspecified atom stereocenters. The van der Waals surface area contributed by atoms with Crippen molar-refractivity contribution in [2.24, 2.45) is 0 Å². The summed E-state index contributed by atoms with van der Waals surface area (Å²) < 4.78 is 5.62. The number of carbonyl (C=O) groups excluding carboxylic acids is 2. The van der Waals surface area contributed by atoms with Gasteiger partial charge in [0, 0.05) is 33.4 Å². The topological polar surface area (TPSA) is 76.1 Å². The number of ketones is 2. The second-order valence-electron chi connectivity index (χ2n) is 5.89.